The molecule has 0 aromatic carbocycles. The molecule has 0 radical (unpaired) electrons. The van der Waals surface area contributed by atoms with Gasteiger partial charge in [-0.2, -0.15) is 0 Å². The summed E-state index contributed by atoms with van der Waals surface area (Å²) in [5.41, 5.74) is -2.06. The predicted molar refractivity (Wildman–Crippen MR) is 90.4 cm³/mol. The molecule has 2 saturated heterocycles. The van der Waals surface area contributed by atoms with E-state index in [-0.39, 0.29) is 23.9 Å². The standard InChI is InChI=1S/C20H26O7/c1-8(2)18(24)13(21)14-20(27-14)17(3)5-4-9-10(7-25-15(9)22)11(17)6-12-19(20,26-12)16(18)23/h8,11-14,16,21,23-24H,4-7H2,1-3H3/t11-,12+,13+,14+,16+,17+,18-,19-,20+/m0/s1. The van der Waals surface area contributed by atoms with E-state index in [1.165, 1.54) is 0 Å². The van der Waals surface area contributed by atoms with E-state index in [1.807, 2.05) is 0 Å². The lowest BCUT2D eigenvalue weighted by Crippen LogP contribution is -2.76. The number of hydrogen-bond donors (Lipinski definition) is 3. The van der Waals surface area contributed by atoms with Crippen molar-refractivity contribution in [2.24, 2.45) is 17.3 Å². The quantitative estimate of drug-likeness (QED) is 0.437. The molecule has 2 saturated carbocycles. The molecule has 0 amide bonds. The van der Waals surface area contributed by atoms with E-state index in [0.717, 1.165) is 11.1 Å². The van der Waals surface area contributed by atoms with Crippen LogP contribution in [0.25, 0.3) is 0 Å². The van der Waals surface area contributed by atoms with Crippen molar-refractivity contribution < 1.29 is 34.3 Å². The van der Waals surface area contributed by atoms with Crippen LogP contribution in [0.1, 0.15) is 40.0 Å². The highest BCUT2D eigenvalue weighted by atomic mass is 16.7. The zero-order valence-corrected chi connectivity index (χ0v) is 15.8. The zero-order chi connectivity index (χ0) is 19.1. The van der Waals surface area contributed by atoms with Crippen molar-refractivity contribution in [3.05, 3.63) is 11.1 Å². The van der Waals surface area contributed by atoms with Gasteiger partial charge in [0.05, 0.1) is 6.10 Å². The van der Waals surface area contributed by atoms with Crippen molar-refractivity contribution >= 4 is 5.97 Å². The number of aliphatic hydroxyl groups is 3. The van der Waals surface area contributed by atoms with E-state index in [0.29, 0.717) is 25.9 Å². The van der Waals surface area contributed by atoms with Crippen LogP contribution in [0.3, 0.4) is 0 Å². The van der Waals surface area contributed by atoms with Gasteiger partial charge in [-0.3, -0.25) is 0 Å². The Bertz CT molecular complexity index is 806. The van der Waals surface area contributed by atoms with Crippen LogP contribution in [-0.2, 0) is 19.0 Å². The molecule has 3 heterocycles. The van der Waals surface area contributed by atoms with E-state index in [9.17, 15) is 20.1 Å². The Balaban J connectivity index is 1.50. The van der Waals surface area contributed by atoms with Gasteiger partial charge in [-0.1, -0.05) is 20.8 Å². The second-order valence-corrected chi connectivity index (χ2v) is 9.85. The summed E-state index contributed by atoms with van der Waals surface area (Å²) in [5, 5.41) is 33.5. The monoisotopic (exact) mass is 378 g/mol. The van der Waals surface area contributed by atoms with Crippen molar-refractivity contribution in [1.82, 2.24) is 0 Å². The van der Waals surface area contributed by atoms with Gasteiger partial charge in [0.25, 0.3) is 0 Å². The fraction of sp³-hybridized carbons (Fsp3) is 0.850. The van der Waals surface area contributed by atoms with Gasteiger partial charge in [0.2, 0.25) is 0 Å². The first-order valence-electron chi connectivity index (χ1n) is 9.99. The highest BCUT2D eigenvalue weighted by Crippen LogP contribution is 2.79. The molecule has 0 unspecified atom stereocenters. The predicted octanol–water partition coefficient (Wildman–Crippen LogP) is 0.0575. The number of esters is 1. The van der Waals surface area contributed by atoms with Crippen LogP contribution < -0.4 is 0 Å². The third-order valence-electron chi connectivity index (χ3n) is 8.90. The van der Waals surface area contributed by atoms with Crippen LogP contribution in [0.15, 0.2) is 11.1 Å². The average Bonchev–Trinajstić information content (AvgIpc) is 3.50. The van der Waals surface area contributed by atoms with E-state index < -0.39 is 40.5 Å². The normalized spacial score (nSPS) is 60.1. The summed E-state index contributed by atoms with van der Waals surface area (Å²) >= 11 is 0. The molecule has 3 aliphatic carbocycles. The molecule has 148 valence electrons. The maximum absolute atomic E-state index is 12.1. The molecule has 0 aromatic rings. The number of rotatable bonds is 1. The Hall–Kier alpha value is -0.990. The summed E-state index contributed by atoms with van der Waals surface area (Å²) in [7, 11) is 0. The fourth-order valence-electron chi connectivity index (χ4n) is 7.30. The van der Waals surface area contributed by atoms with Gasteiger partial charge in [-0.25, -0.2) is 4.79 Å². The summed E-state index contributed by atoms with van der Waals surface area (Å²) in [6.07, 6.45) is -1.25. The van der Waals surface area contributed by atoms with E-state index in [1.54, 1.807) is 13.8 Å². The molecule has 3 N–H and O–H groups in total. The Morgan fingerprint density at radius 3 is 2.67 bits per heavy atom. The summed E-state index contributed by atoms with van der Waals surface area (Å²) in [6, 6.07) is 0. The van der Waals surface area contributed by atoms with Gasteiger partial charge in [0.1, 0.15) is 36.1 Å². The Labute approximate surface area is 157 Å². The molecule has 4 fully saturated rings. The first-order chi connectivity index (χ1) is 12.7. The molecule has 6 aliphatic rings. The second kappa shape index (κ2) is 4.44. The molecule has 0 aromatic heterocycles. The van der Waals surface area contributed by atoms with Crippen molar-refractivity contribution in [1.29, 1.82) is 0 Å². The lowest BCUT2D eigenvalue weighted by atomic mass is 9.45. The van der Waals surface area contributed by atoms with Gasteiger partial charge in [0, 0.05) is 11.0 Å². The maximum atomic E-state index is 12.1. The van der Waals surface area contributed by atoms with E-state index in [2.05, 4.69) is 6.92 Å². The largest absolute Gasteiger partial charge is 0.458 e. The number of carbonyl (C=O) groups is 1. The third-order valence-corrected chi connectivity index (χ3v) is 8.90. The average molecular weight is 378 g/mol. The topological polar surface area (TPSA) is 112 Å². The van der Waals surface area contributed by atoms with Crippen molar-refractivity contribution in [3.8, 4) is 0 Å². The van der Waals surface area contributed by atoms with Crippen molar-refractivity contribution in [2.45, 2.75) is 81.3 Å². The summed E-state index contributed by atoms with van der Waals surface area (Å²) in [6.45, 7) is 6.03. The fourth-order valence-corrected chi connectivity index (χ4v) is 7.30. The van der Waals surface area contributed by atoms with Crippen LogP contribution in [0.2, 0.25) is 0 Å². The molecular formula is C20H26O7. The third kappa shape index (κ3) is 1.44. The van der Waals surface area contributed by atoms with E-state index in [4.69, 9.17) is 14.2 Å². The number of epoxide rings is 2. The summed E-state index contributed by atoms with van der Waals surface area (Å²) in [4.78, 5) is 12.1. The highest BCUT2D eigenvalue weighted by Gasteiger charge is 2.96. The maximum Gasteiger partial charge on any atom is 0.334 e. The number of hydrogen-bond acceptors (Lipinski definition) is 7. The molecule has 6 rings (SSSR count). The minimum atomic E-state index is -1.67. The van der Waals surface area contributed by atoms with Gasteiger partial charge in [-0.05, 0) is 36.7 Å². The molecular weight excluding hydrogens is 352 g/mol. The number of aliphatic hydroxyl groups excluding tert-OH is 2. The number of carbonyl (C=O) groups excluding carboxylic acids is 1. The van der Waals surface area contributed by atoms with Crippen LogP contribution >= 0.6 is 0 Å². The lowest BCUT2D eigenvalue weighted by molar-refractivity contribution is -0.223. The van der Waals surface area contributed by atoms with Crippen LogP contribution in [0.5, 0.6) is 0 Å². The first-order valence-corrected chi connectivity index (χ1v) is 9.99. The number of ether oxygens (including phenoxy) is 3. The minimum Gasteiger partial charge on any atom is -0.458 e. The number of fused-ring (bicyclic) bond motifs is 2. The van der Waals surface area contributed by atoms with Crippen LogP contribution in [0, 0.1) is 17.3 Å². The van der Waals surface area contributed by atoms with Gasteiger partial charge in [-0.15, -0.1) is 0 Å². The second-order valence-electron chi connectivity index (χ2n) is 9.85. The molecule has 7 nitrogen and oxygen atoms in total. The Kier molecular flexibility index (Phi) is 2.78. The smallest absolute Gasteiger partial charge is 0.334 e. The molecule has 0 bridgehead atoms. The minimum absolute atomic E-state index is 0.0583. The van der Waals surface area contributed by atoms with Gasteiger partial charge < -0.3 is 29.5 Å². The Morgan fingerprint density at radius 1 is 1.22 bits per heavy atom. The van der Waals surface area contributed by atoms with Crippen LogP contribution in [-0.4, -0.2) is 69.1 Å². The molecule has 7 heteroatoms. The zero-order valence-electron chi connectivity index (χ0n) is 15.8. The van der Waals surface area contributed by atoms with Gasteiger partial charge >= 0.3 is 5.97 Å². The van der Waals surface area contributed by atoms with E-state index >= 15 is 0 Å². The highest BCUT2D eigenvalue weighted by molar-refractivity contribution is 5.92. The summed E-state index contributed by atoms with van der Waals surface area (Å²) in [5.74, 6) is -0.511. The van der Waals surface area contributed by atoms with Crippen molar-refractivity contribution in [3.63, 3.8) is 0 Å². The summed E-state index contributed by atoms with van der Waals surface area (Å²) < 4.78 is 17.7. The van der Waals surface area contributed by atoms with Gasteiger partial charge in [0.15, 0.2) is 5.60 Å². The molecule has 27 heavy (non-hydrogen) atoms. The first kappa shape index (κ1) is 16.9. The molecule has 3 aliphatic heterocycles. The Morgan fingerprint density at radius 2 is 1.96 bits per heavy atom. The number of cyclic esters (lactones) is 1. The molecule has 9 atom stereocenters. The van der Waals surface area contributed by atoms with Crippen LogP contribution in [0.4, 0.5) is 0 Å². The molecule has 2 spiro atoms. The lowest BCUT2D eigenvalue weighted by Gasteiger charge is -2.56. The SMILES string of the molecule is CC(C)[C@]1(O)[C@H](O)[C@H]2O[C@]23[C@@]2(O[C@@H]2C[C@H]2C4=C(CC[C@]23C)C(=O)OC4)[C@@H]1O. The van der Waals surface area contributed by atoms with Crippen molar-refractivity contribution in [2.75, 3.05) is 6.61 Å².